The van der Waals surface area contributed by atoms with Crippen LogP contribution in [0, 0.1) is 0 Å². The van der Waals surface area contributed by atoms with Crippen molar-refractivity contribution in [3.63, 3.8) is 0 Å². The van der Waals surface area contributed by atoms with Gasteiger partial charge in [-0.1, -0.05) is 133 Å². The average molecular weight is 618 g/mol. The molecule has 0 aliphatic carbocycles. The van der Waals surface area contributed by atoms with Crippen molar-refractivity contribution in [1.29, 1.82) is 0 Å². The lowest BCUT2D eigenvalue weighted by Gasteiger charge is -2.25. The smallest absolute Gasteiger partial charge is 0.145 e. The van der Waals surface area contributed by atoms with Crippen LogP contribution >= 0.6 is 11.8 Å². The molecule has 0 saturated heterocycles. The molecule has 0 spiro atoms. The van der Waals surface area contributed by atoms with Crippen LogP contribution in [-0.4, -0.2) is 11.2 Å². The van der Waals surface area contributed by atoms with Gasteiger partial charge in [-0.15, -0.1) is 11.8 Å². The Morgan fingerprint density at radius 2 is 1.09 bits per heavy atom. The van der Waals surface area contributed by atoms with Crippen molar-refractivity contribution in [3.8, 4) is 22.3 Å². The van der Waals surface area contributed by atoms with Gasteiger partial charge in [-0.3, -0.25) is 4.99 Å². The summed E-state index contributed by atoms with van der Waals surface area (Å²) in [5.74, 6) is 0. The molecule has 7 N–H and O–H groups in total. The average Bonchev–Trinajstić information content (AvgIpc) is 3.11. The Hall–Kier alpha value is -4.98. The van der Waals surface area contributed by atoms with E-state index in [2.05, 4.69) is 133 Å². The zero-order valence-electron chi connectivity index (χ0n) is 25.3. The van der Waals surface area contributed by atoms with Crippen LogP contribution in [0.15, 0.2) is 157 Å². The van der Waals surface area contributed by atoms with Gasteiger partial charge >= 0.3 is 0 Å². The Labute approximate surface area is 273 Å². The van der Waals surface area contributed by atoms with Gasteiger partial charge in [-0.05, 0) is 73.5 Å². The second-order valence-corrected chi connectivity index (χ2v) is 12.7. The first-order valence-electron chi connectivity index (χ1n) is 15.3. The molecule has 7 rings (SSSR count). The molecule has 0 bridgehead atoms. The summed E-state index contributed by atoms with van der Waals surface area (Å²) in [4.78, 5) is 5.06. The van der Waals surface area contributed by atoms with E-state index in [1.54, 1.807) is 0 Å². The highest BCUT2D eigenvalue weighted by atomic mass is 32.2. The van der Waals surface area contributed by atoms with Crippen molar-refractivity contribution in [2.45, 2.75) is 17.0 Å². The van der Waals surface area contributed by atoms with Gasteiger partial charge in [0.15, 0.2) is 0 Å². The van der Waals surface area contributed by atoms with Gasteiger partial charge in [-0.2, -0.15) is 0 Å². The normalized spacial score (nSPS) is 15.3. The Balaban J connectivity index is 1.15. The number of benzene rings is 6. The maximum Gasteiger partial charge on any atom is 0.145 e. The van der Waals surface area contributed by atoms with Crippen LogP contribution in [0.1, 0.15) is 33.8 Å². The Morgan fingerprint density at radius 1 is 0.543 bits per heavy atom. The van der Waals surface area contributed by atoms with Crippen molar-refractivity contribution < 1.29 is 0 Å². The summed E-state index contributed by atoms with van der Waals surface area (Å²) in [6, 6.07) is 51.0. The summed E-state index contributed by atoms with van der Waals surface area (Å²) < 4.78 is 0. The Bertz CT molecular complexity index is 2020. The van der Waals surface area contributed by atoms with E-state index >= 15 is 0 Å². The molecule has 226 valence electrons. The summed E-state index contributed by atoms with van der Waals surface area (Å²) in [5.41, 5.74) is 28.1. The van der Waals surface area contributed by atoms with Crippen LogP contribution < -0.4 is 22.5 Å². The fraction of sp³-hybridized carbons (Fsp3) is 0.0750. The number of hydrogen-bond acceptors (Lipinski definition) is 6. The maximum absolute atomic E-state index is 6.23. The molecule has 2 unspecified atom stereocenters. The highest BCUT2D eigenvalue weighted by Gasteiger charge is 2.19. The quantitative estimate of drug-likeness (QED) is 0.129. The van der Waals surface area contributed by atoms with Gasteiger partial charge in [-0.25, -0.2) is 0 Å². The summed E-state index contributed by atoms with van der Waals surface area (Å²) in [6.45, 7) is 0. The molecule has 0 radical (unpaired) electrons. The van der Waals surface area contributed by atoms with Crippen molar-refractivity contribution in [1.82, 2.24) is 5.32 Å². The third kappa shape index (κ3) is 6.52. The van der Waals surface area contributed by atoms with Gasteiger partial charge in [0.05, 0.1) is 11.1 Å². The number of nitrogens with zero attached hydrogens (tertiary/aromatic N) is 1. The SMILES string of the molecule is NC(N)SC(N)c1ccc(-c2ccc3ccc(-c4ccc(C5=CC(c6ccccc6)=NC(c6ccccc6)N5)cc4)cc3c2)cc1. The van der Waals surface area contributed by atoms with E-state index in [-0.39, 0.29) is 11.5 Å². The highest BCUT2D eigenvalue weighted by molar-refractivity contribution is 8.00. The number of nitrogens with two attached hydrogens (primary N) is 3. The van der Waals surface area contributed by atoms with Crippen molar-refractivity contribution in [2.75, 3.05) is 0 Å². The standard InChI is InChI=1S/C40H35N5S/c41-38(46-40(42)43)31-19-13-27(14-20-31)34-22-16-28-15-21-33(23-35(28)24-34)26-11-17-30(18-12-26)37-25-36(29-7-3-1-4-8-29)44-39(45-37)32-9-5-2-6-10-32/h1-25,38-40,45H,41-43H2. The van der Waals surface area contributed by atoms with Gasteiger partial charge < -0.3 is 22.5 Å². The summed E-state index contributed by atoms with van der Waals surface area (Å²) in [6.07, 6.45) is 1.98. The highest BCUT2D eigenvalue weighted by Crippen LogP contribution is 2.32. The van der Waals surface area contributed by atoms with Crippen LogP contribution in [0.5, 0.6) is 0 Å². The minimum atomic E-state index is -0.504. The van der Waals surface area contributed by atoms with Crippen molar-refractivity contribution >= 4 is 33.9 Å². The Kier molecular flexibility index (Phi) is 8.51. The summed E-state index contributed by atoms with van der Waals surface area (Å²) in [5, 5.41) is 5.80. The lowest BCUT2D eigenvalue weighted by molar-refractivity contribution is 0.664. The fourth-order valence-electron chi connectivity index (χ4n) is 5.82. The van der Waals surface area contributed by atoms with E-state index in [1.807, 2.05) is 24.3 Å². The van der Waals surface area contributed by atoms with Crippen LogP contribution in [0.4, 0.5) is 0 Å². The zero-order valence-corrected chi connectivity index (χ0v) is 26.1. The van der Waals surface area contributed by atoms with Crippen molar-refractivity contribution in [3.05, 3.63) is 174 Å². The molecular formula is C40H35N5S. The first kappa shape index (κ1) is 29.7. The number of allylic oxidation sites excluding steroid dienone is 1. The molecule has 0 fully saturated rings. The fourth-order valence-corrected chi connectivity index (χ4v) is 6.48. The lowest BCUT2D eigenvalue weighted by Crippen LogP contribution is -2.29. The van der Waals surface area contributed by atoms with Crippen LogP contribution in [0.25, 0.3) is 38.7 Å². The molecule has 5 nitrogen and oxygen atoms in total. The minimum absolute atomic E-state index is 0.165. The molecule has 1 aliphatic heterocycles. The number of rotatable bonds is 8. The molecule has 6 aromatic rings. The second kappa shape index (κ2) is 13.2. The van der Waals surface area contributed by atoms with Crippen LogP contribution in [0.3, 0.4) is 0 Å². The largest absolute Gasteiger partial charge is 0.360 e. The number of fused-ring (bicyclic) bond motifs is 1. The van der Waals surface area contributed by atoms with Crippen molar-refractivity contribution in [2.24, 2.45) is 22.2 Å². The maximum atomic E-state index is 6.23. The second-order valence-electron chi connectivity index (χ2n) is 11.4. The molecule has 6 aromatic carbocycles. The van der Waals surface area contributed by atoms with E-state index in [1.165, 1.54) is 28.1 Å². The van der Waals surface area contributed by atoms with Crippen LogP contribution in [-0.2, 0) is 0 Å². The third-order valence-electron chi connectivity index (χ3n) is 8.27. The molecule has 2 atom stereocenters. The van der Waals surface area contributed by atoms with E-state index < -0.39 is 5.50 Å². The predicted octanol–water partition coefficient (Wildman–Crippen LogP) is 8.20. The number of aliphatic imine (C=N–C) groups is 1. The predicted molar refractivity (Wildman–Crippen MR) is 195 cm³/mol. The number of thioether (sulfide) groups is 1. The lowest BCUT2D eigenvalue weighted by atomic mass is 9.96. The molecule has 1 heterocycles. The van der Waals surface area contributed by atoms with Gasteiger partial charge in [0.2, 0.25) is 0 Å². The first-order chi connectivity index (χ1) is 22.5. The number of nitrogens with one attached hydrogen (secondary N) is 1. The van der Waals surface area contributed by atoms with Gasteiger partial charge in [0, 0.05) is 5.70 Å². The topological polar surface area (TPSA) is 102 Å². The van der Waals surface area contributed by atoms with E-state index in [0.717, 1.165) is 50.4 Å². The van der Waals surface area contributed by atoms with E-state index in [9.17, 15) is 0 Å². The molecule has 0 aromatic heterocycles. The molecule has 0 saturated carbocycles. The van der Waals surface area contributed by atoms with Gasteiger partial charge in [0.1, 0.15) is 11.7 Å². The summed E-state index contributed by atoms with van der Waals surface area (Å²) >= 11 is 1.34. The van der Waals surface area contributed by atoms with Gasteiger partial charge in [0.25, 0.3) is 0 Å². The minimum Gasteiger partial charge on any atom is -0.360 e. The van der Waals surface area contributed by atoms with E-state index in [0.29, 0.717) is 0 Å². The zero-order chi connectivity index (χ0) is 31.5. The van der Waals surface area contributed by atoms with Crippen LogP contribution in [0.2, 0.25) is 0 Å². The monoisotopic (exact) mass is 617 g/mol. The molecular weight excluding hydrogens is 583 g/mol. The molecule has 46 heavy (non-hydrogen) atoms. The third-order valence-corrected chi connectivity index (χ3v) is 9.15. The number of hydrogen-bond donors (Lipinski definition) is 4. The van der Waals surface area contributed by atoms with E-state index in [4.69, 9.17) is 22.2 Å². The molecule has 6 heteroatoms. The summed E-state index contributed by atoms with van der Waals surface area (Å²) in [7, 11) is 0. The Morgan fingerprint density at radius 3 is 1.70 bits per heavy atom. The molecule has 1 aliphatic rings. The molecule has 0 amide bonds. The first-order valence-corrected chi connectivity index (χ1v) is 16.3.